The molecule has 0 heterocycles. The maximum Gasteiger partial charge on any atom is 0.328 e. The van der Waals surface area contributed by atoms with Crippen LogP contribution in [0, 0.1) is 0 Å². The molecule has 0 aliphatic heterocycles. The van der Waals surface area contributed by atoms with Crippen molar-refractivity contribution >= 4 is 11.9 Å². The van der Waals surface area contributed by atoms with Crippen LogP contribution in [0.4, 0.5) is 0 Å². The zero-order valence-corrected chi connectivity index (χ0v) is 23.4. The van der Waals surface area contributed by atoms with Gasteiger partial charge >= 0.3 is 5.97 Å². The van der Waals surface area contributed by atoms with Crippen molar-refractivity contribution in [1.29, 1.82) is 0 Å². The van der Waals surface area contributed by atoms with Gasteiger partial charge in [0, 0.05) is 12.0 Å². The molecule has 0 bridgehead atoms. The van der Waals surface area contributed by atoms with Crippen molar-refractivity contribution in [3.63, 3.8) is 0 Å². The van der Waals surface area contributed by atoms with Gasteiger partial charge in [0.15, 0.2) is 23.0 Å². The summed E-state index contributed by atoms with van der Waals surface area (Å²) in [6, 6.07) is 9.53. The number of rotatable bonds is 13. The number of ether oxygens (including phenoxy) is 5. The number of esters is 1. The van der Waals surface area contributed by atoms with Gasteiger partial charge in [-0.2, -0.15) is 0 Å². The van der Waals surface area contributed by atoms with E-state index < -0.39 is 17.9 Å². The minimum Gasteiger partial charge on any atom is -0.487 e. The van der Waals surface area contributed by atoms with E-state index in [4.69, 9.17) is 23.7 Å². The maximum absolute atomic E-state index is 13.2. The fourth-order valence-electron chi connectivity index (χ4n) is 3.54. The van der Waals surface area contributed by atoms with E-state index in [-0.39, 0.29) is 30.8 Å². The Labute approximate surface area is 220 Å². The Bertz CT molecular complexity index is 1050. The summed E-state index contributed by atoms with van der Waals surface area (Å²) in [7, 11) is 1.29. The summed E-state index contributed by atoms with van der Waals surface area (Å²) >= 11 is 0. The van der Waals surface area contributed by atoms with Crippen LogP contribution >= 0.6 is 0 Å². The molecule has 2 aromatic rings. The van der Waals surface area contributed by atoms with Gasteiger partial charge in [-0.15, -0.1) is 0 Å². The number of hydrogen-bond donors (Lipinski definition) is 1. The van der Waals surface area contributed by atoms with Gasteiger partial charge in [-0.05, 0) is 91.3 Å². The predicted molar refractivity (Wildman–Crippen MR) is 143 cm³/mol. The highest BCUT2D eigenvalue weighted by atomic mass is 16.5. The monoisotopic (exact) mass is 515 g/mol. The number of hydrogen-bond acceptors (Lipinski definition) is 7. The van der Waals surface area contributed by atoms with Gasteiger partial charge in [-0.1, -0.05) is 6.07 Å². The Hall–Kier alpha value is -3.42. The Balaban J connectivity index is 2.30. The number of methoxy groups -OCH3 is 1. The molecule has 0 saturated heterocycles. The third-order valence-electron chi connectivity index (χ3n) is 4.90. The van der Waals surface area contributed by atoms with Crippen LogP contribution in [-0.4, -0.2) is 49.4 Å². The van der Waals surface area contributed by atoms with Gasteiger partial charge in [0.1, 0.15) is 6.04 Å². The number of carbonyl (C=O) groups is 2. The molecule has 0 aromatic heterocycles. The van der Waals surface area contributed by atoms with E-state index in [1.165, 1.54) is 7.11 Å². The molecule has 204 valence electrons. The third-order valence-corrected chi connectivity index (χ3v) is 4.90. The molecule has 1 amide bonds. The molecule has 0 aliphatic carbocycles. The van der Waals surface area contributed by atoms with Gasteiger partial charge < -0.3 is 29.0 Å². The summed E-state index contributed by atoms with van der Waals surface area (Å²) in [6.07, 6.45) is -0.0471. The lowest BCUT2D eigenvalue weighted by Crippen LogP contribution is -2.43. The summed E-state index contributed by atoms with van der Waals surface area (Å²) in [6.45, 7) is 15.4. The second-order valence-electron chi connectivity index (χ2n) is 9.86. The number of nitrogens with one attached hydrogen (secondary N) is 1. The summed E-state index contributed by atoms with van der Waals surface area (Å²) in [5.74, 6) is 1.22. The standard InChI is InChI=1S/C29H41NO7/c1-17(2)34-24-12-10-21(15-26(24)36-19(5)6)14-23(29(32)33-9)30-28(31)22-11-13-25(35-18(3)4)27(16-22)37-20(7)8/h10-13,15-20,23H,14H2,1-9H3,(H,30,31)/t23-/m0/s1. The lowest BCUT2D eigenvalue weighted by Gasteiger charge is -2.21. The summed E-state index contributed by atoms with van der Waals surface area (Å²) in [5.41, 5.74) is 1.12. The third kappa shape index (κ3) is 9.52. The lowest BCUT2D eigenvalue weighted by atomic mass is 10.0. The largest absolute Gasteiger partial charge is 0.487 e. The Kier molecular flexibility index (Phi) is 11.1. The number of carbonyl (C=O) groups excluding carboxylic acids is 2. The summed E-state index contributed by atoms with van der Waals surface area (Å²) < 4.78 is 28.5. The molecule has 1 atom stereocenters. The molecule has 0 spiro atoms. The molecule has 1 N–H and O–H groups in total. The first-order chi connectivity index (χ1) is 17.4. The van der Waals surface area contributed by atoms with Crippen LogP contribution in [0.1, 0.15) is 71.3 Å². The molecule has 0 radical (unpaired) electrons. The smallest absolute Gasteiger partial charge is 0.328 e. The highest BCUT2D eigenvalue weighted by Crippen LogP contribution is 2.32. The molecule has 2 aromatic carbocycles. The molecule has 0 fully saturated rings. The highest BCUT2D eigenvalue weighted by Gasteiger charge is 2.24. The fourth-order valence-corrected chi connectivity index (χ4v) is 3.54. The minimum absolute atomic E-state index is 0.0237. The SMILES string of the molecule is COC(=O)[C@H](Cc1ccc(OC(C)C)c(OC(C)C)c1)NC(=O)c1ccc(OC(C)C)c(OC(C)C)c1. The predicted octanol–water partition coefficient (Wildman–Crippen LogP) is 5.35. The van der Waals surface area contributed by atoms with Crippen molar-refractivity contribution in [3.8, 4) is 23.0 Å². The van der Waals surface area contributed by atoms with Gasteiger partial charge in [0.2, 0.25) is 0 Å². The first-order valence-electron chi connectivity index (χ1n) is 12.7. The number of benzene rings is 2. The van der Waals surface area contributed by atoms with Crippen LogP contribution in [0.3, 0.4) is 0 Å². The Morgan fingerprint density at radius 3 is 1.62 bits per heavy atom. The Morgan fingerprint density at radius 2 is 1.14 bits per heavy atom. The van der Waals surface area contributed by atoms with E-state index in [0.717, 1.165) is 5.56 Å². The molecule has 2 rings (SSSR count). The summed E-state index contributed by atoms with van der Waals surface area (Å²) in [4.78, 5) is 25.8. The topological polar surface area (TPSA) is 92.3 Å². The quantitative estimate of drug-likeness (QED) is 0.360. The lowest BCUT2D eigenvalue weighted by molar-refractivity contribution is -0.142. The van der Waals surface area contributed by atoms with Crippen LogP contribution in [0.5, 0.6) is 23.0 Å². The van der Waals surface area contributed by atoms with Crippen molar-refractivity contribution < 1.29 is 33.3 Å². The van der Waals surface area contributed by atoms with Crippen molar-refractivity contribution in [1.82, 2.24) is 5.32 Å². The molecular weight excluding hydrogens is 474 g/mol. The van der Waals surface area contributed by atoms with Crippen LogP contribution < -0.4 is 24.3 Å². The van der Waals surface area contributed by atoms with Crippen LogP contribution in [0.2, 0.25) is 0 Å². The maximum atomic E-state index is 13.2. The van der Waals surface area contributed by atoms with Gasteiger partial charge in [-0.25, -0.2) is 4.79 Å². The average molecular weight is 516 g/mol. The van der Waals surface area contributed by atoms with E-state index in [1.807, 2.05) is 73.6 Å². The van der Waals surface area contributed by atoms with Crippen molar-refractivity contribution in [2.24, 2.45) is 0 Å². The minimum atomic E-state index is -0.915. The zero-order chi connectivity index (χ0) is 27.7. The van der Waals surface area contributed by atoms with Gasteiger partial charge in [0.25, 0.3) is 5.91 Å². The molecule has 0 aliphatic rings. The van der Waals surface area contributed by atoms with Crippen LogP contribution in [-0.2, 0) is 16.0 Å². The van der Waals surface area contributed by atoms with Crippen molar-refractivity contribution in [3.05, 3.63) is 47.5 Å². The first-order valence-corrected chi connectivity index (χ1v) is 12.7. The van der Waals surface area contributed by atoms with Gasteiger partial charge in [-0.3, -0.25) is 4.79 Å². The van der Waals surface area contributed by atoms with Crippen LogP contribution in [0.15, 0.2) is 36.4 Å². The second kappa shape index (κ2) is 13.8. The van der Waals surface area contributed by atoms with Crippen LogP contribution in [0.25, 0.3) is 0 Å². The second-order valence-corrected chi connectivity index (χ2v) is 9.86. The first kappa shape index (κ1) is 29.8. The van der Waals surface area contributed by atoms with E-state index >= 15 is 0 Å². The summed E-state index contributed by atoms with van der Waals surface area (Å²) in [5, 5.41) is 2.80. The van der Waals surface area contributed by atoms with E-state index in [2.05, 4.69) is 5.32 Å². The molecule has 0 saturated carbocycles. The van der Waals surface area contributed by atoms with Crippen molar-refractivity contribution in [2.45, 2.75) is 92.3 Å². The molecule has 37 heavy (non-hydrogen) atoms. The number of amides is 1. The zero-order valence-electron chi connectivity index (χ0n) is 23.4. The molecule has 0 unspecified atom stereocenters. The molecule has 8 heteroatoms. The fraction of sp³-hybridized carbons (Fsp3) is 0.517. The van der Waals surface area contributed by atoms with Crippen molar-refractivity contribution in [2.75, 3.05) is 7.11 Å². The van der Waals surface area contributed by atoms with E-state index in [9.17, 15) is 9.59 Å². The Morgan fingerprint density at radius 1 is 0.676 bits per heavy atom. The molecule has 8 nitrogen and oxygen atoms in total. The highest BCUT2D eigenvalue weighted by molar-refractivity contribution is 5.97. The van der Waals surface area contributed by atoms with E-state index in [0.29, 0.717) is 28.6 Å². The molecular formula is C29H41NO7. The van der Waals surface area contributed by atoms with Gasteiger partial charge in [0.05, 0.1) is 31.5 Å². The van der Waals surface area contributed by atoms with E-state index in [1.54, 1.807) is 18.2 Å². The average Bonchev–Trinajstić information content (AvgIpc) is 2.79. The normalized spacial score (nSPS) is 12.0.